The number of hydrogen-bond donors (Lipinski definition) is 0. The van der Waals surface area contributed by atoms with Crippen molar-refractivity contribution in [1.29, 1.82) is 0 Å². The van der Waals surface area contributed by atoms with Gasteiger partial charge in [-0.2, -0.15) is 0 Å². The normalized spacial score (nSPS) is 39.4. The Kier molecular flexibility index (Phi) is 1.78. The zero-order valence-corrected chi connectivity index (χ0v) is 8.10. The molecule has 0 saturated heterocycles. The van der Waals surface area contributed by atoms with Crippen LogP contribution in [-0.2, 0) is 4.79 Å². The molecule has 2 aliphatic rings. The van der Waals surface area contributed by atoms with Crippen LogP contribution >= 0.6 is 0 Å². The van der Waals surface area contributed by atoms with Gasteiger partial charge < -0.3 is 0 Å². The Balaban J connectivity index is 2.08. The second-order valence-electron chi connectivity index (χ2n) is 4.82. The van der Waals surface area contributed by atoms with Gasteiger partial charge in [-0.25, -0.2) is 0 Å². The van der Waals surface area contributed by atoms with Crippen molar-refractivity contribution in [3.8, 4) is 0 Å². The molecule has 0 aliphatic heterocycles. The Morgan fingerprint density at radius 2 is 2.17 bits per heavy atom. The molecule has 0 radical (unpaired) electrons. The molecule has 2 atom stereocenters. The summed E-state index contributed by atoms with van der Waals surface area (Å²) >= 11 is 0. The van der Waals surface area contributed by atoms with E-state index in [-0.39, 0.29) is 11.3 Å². The molecule has 2 aliphatic carbocycles. The molecule has 1 nitrogen and oxygen atoms in total. The van der Waals surface area contributed by atoms with E-state index in [4.69, 9.17) is 0 Å². The molecule has 0 bridgehead atoms. The van der Waals surface area contributed by atoms with Gasteiger partial charge in [0, 0.05) is 11.3 Å². The maximum absolute atomic E-state index is 11.9. The first-order valence-corrected chi connectivity index (χ1v) is 5.21. The summed E-state index contributed by atoms with van der Waals surface area (Å²) in [6, 6.07) is 0. The van der Waals surface area contributed by atoms with Crippen LogP contribution in [0.5, 0.6) is 0 Å². The van der Waals surface area contributed by atoms with E-state index in [1.165, 1.54) is 32.1 Å². The SMILES string of the molecule is CC(C)C(=O)C12CCCCC1C2. The van der Waals surface area contributed by atoms with Gasteiger partial charge in [-0.15, -0.1) is 0 Å². The highest BCUT2D eigenvalue weighted by molar-refractivity contribution is 5.89. The van der Waals surface area contributed by atoms with E-state index in [1.54, 1.807) is 0 Å². The van der Waals surface area contributed by atoms with Crippen molar-refractivity contribution in [2.45, 2.75) is 46.0 Å². The van der Waals surface area contributed by atoms with E-state index in [9.17, 15) is 4.79 Å². The van der Waals surface area contributed by atoms with Crippen molar-refractivity contribution in [3.05, 3.63) is 0 Å². The van der Waals surface area contributed by atoms with Crippen LogP contribution in [-0.4, -0.2) is 5.78 Å². The maximum Gasteiger partial charge on any atom is 0.141 e. The van der Waals surface area contributed by atoms with Gasteiger partial charge in [0.15, 0.2) is 0 Å². The molecule has 2 fully saturated rings. The van der Waals surface area contributed by atoms with Crippen molar-refractivity contribution in [2.24, 2.45) is 17.3 Å². The number of ketones is 1. The standard InChI is InChI=1S/C11H18O/c1-8(2)10(12)11-6-4-3-5-9(11)7-11/h8-9H,3-7H2,1-2H3. The summed E-state index contributed by atoms with van der Waals surface area (Å²) in [7, 11) is 0. The first-order chi connectivity index (χ1) is 5.67. The van der Waals surface area contributed by atoms with Crippen molar-refractivity contribution >= 4 is 5.78 Å². The second kappa shape index (κ2) is 2.58. The van der Waals surface area contributed by atoms with Crippen molar-refractivity contribution in [3.63, 3.8) is 0 Å². The Morgan fingerprint density at radius 3 is 2.75 bits per heavy atom. The van der Waals surface area contributed by atoms with Gasteiger partial charge >= 0.3 is 0 Å². The molecular weight excluding hydrogens is 148 g/mol. The number of carbonyl (C=O) groups is 1. The lowest BCUT2D eigenvalue weighted by atomic mass is 9.81. The van der Waals surface area contributed by atoms with Crippen LogP contribution in [0, 0.1) is 17.3 Å². The first kappa shape index (κ1) is 8.28. The summed E-state index contributed by atoms with van der Waals surface area (Å²) in [6.45, 7) is 4.09. The summed E-state index contributed by atoms with van der Waals surface area (Å²) in [5.74, 6) is 1.58. The molecule has 0 heterocycles. The van der Waals surface area contributed by atoms with E-state index in [1.807, 2.05) is 13.8 Å². The smallest absolute Gasteiger partial charge is 0.141 e. The fourth-order valence-electron chi connectivity index (χ4n) is 2.90. The minimum Gasteiger partial charge on any atom is -0.299 e. The molecule has 12 heavy (non-hydrogen) atoms. The molecule has 2 saturated carbocycles. The van der Waals surface area contributed by atoms with E-state index < -0.39 is 0 Å². The van der Waals surface area contributed by atoms with E-state index >= 15 is 0 Å². The lowest BCUT2D eigenvalue weighted by Crippen LogP contribution is -2.25. The largest absolute Gasteiger partial charge is 0.299 e. The minimum absolute atomic E-state index is 0.187. The fourth-order valence-corrected chi connectivity index (χ4v) is 2.90. The Hall–Kier alpha value is -0.330. The fraction of sp³-hybridized carbons (Fsp3) is 0.909. The highest BCUT2D eigenvalue weighted by Gasteiger charge is 2.59. The molecule has 0 aromatic heterocycles. The highest BCUT2D eigenvalue weighted by Crippen LogP contribution is 2.62. The Morgan fingerprint density at radius 1 is 1.42 bits per heavy atom. The number of carbonyl (C=O) groups excluding carboxylic acids is 1. The van der Waals surface area contributed by atoms with E-state index in [0.29, 0.717) is 5.78 Å². The lowest BCUT2D eigenvalue weighted by molar-refractivity contribution is -0.128. The third-order valence-electron chi connectivity index (χ3n) is 3.67. The van der Waals surface area contributed by atoms with E-state index in [2.05, 4.69) is 0 Å². The van der Waals surface area contributed by atoms with Crippen molar-refractivity contribution in [2.75, 3.05) is 0 Å². The molecule has 2 rings (SSSR count). The van der Waals surface area contributed by atoms with Crippen LogP contribution in [0.25, 0.3) is 0 Å². The Bertz CT molecular complexity index is 207. The number of rotatable bonds is 2. The van der Waals surface area contributed by atoms with Gasteiger partial charge in [0.05, 0.1) is 0 Å². The minimum atomic E-state index is 0.187. The zero-order valence-electron chi connectivity index (χ0n) is 8.10. The van der Waals surface area contributed by atoms with Crippen LogP contribution in [0.15, 0.2) is 0 Å². The molecule has 0 aromatic rings. The quantitative estimate of drug-likeness (QED) is 0.616. The molecule has 0 aromatic carbocycles. The number of Topliss-reactive ketones (excluding diaryl/α,β-unsaturated/α-hetero) is 1. The topological polar surface area (TPSA) is 17.1 Å². The predicted octanol–water partition coefficient (Wildman–Crippen LogP) is 2.79. The second-order valence-corrected chi connectivity index (χ2v) is 4.82. The van der Waals surface area contributed by atoms with Crippen LogP contribution in [0.4, 0.5) is 0 Å². The lowest BCUT2D eigenvalue weighted by Gasteiger charge is -2.22. The third kappa shape index (κ3) is 1.02. The number of fused-ring (bicyclic) bond motifs is 1. The average molecular weight is 166 g/mol. The highest BCUT2D eigenvalue weighted by atomic mass is 16.1. The molecule has 1 heteroatoms. The first-order valence-electron chi connectivity index (χ1n) is 5.21. The van der Waals surface area contributed by atoms with Gasteiger partial charge in [-0.1, -0.05) is 26.7 Å². The van der Waals surface area contributed by atoms with Gasteiger partial charge in [-0.05, 0) is 25.2 Å². The molecule has 0 N–H and O–H groups in total. The monoisotopic (exact) mass is 166 g/mol. The van der Waals surface area contributed by atoms with Crippen LogP contribution in [0.3, 0.4) is 0 Å². The van der Waals surface area contributed by atoms with Crippen LogP contribution < -0.4 is 0 Å². The summed E-state index contributed by atoms with van der Waals surface area (Å²) in [5, 5.41) is 0. The Labute approximate surface area is 74.5 Å². The maximum atomic E-state index is 11.9. The molecule has 0 amide bonds. The summed E-state index contributed by atoms with van der Waals surface area (Å²) in [4.78, 5) is 11.9. The van der Waals surface area contributed by atoms with Crippen molar-refractivity contribution < 1.29 is 4.79 Å². The summed E-state index contributed by atoms with van der Waals surface area (Å²) < 4.78 is 0. The zero-order chi connectivity index (χ0) is 8.77. The van der Waals surface area contributed by atoms with Crippen LogP contribution in [0.1, 0.15) is 46.0 Å². The van der Waals surface area contributed by atoms with Gasteiger partial charge in [-0.3, -0.25) is 4.79 Å². The van der Waals surface area contributed by atoms with Crippen molar-refractivity contribution in [1.82, 2.24) is 0 Å². The molecule has 68 valence electrons. The third-order valence-corrected chi connectivity index (χ3v) is 3.67. The molecular formula is C11H18O. The summed E-state index contributed by atoms with van der Waals surface area (Å²) in [6.07, 6.45) is 6.36. The summed E-state index contributed by atoms with van der Waals surface area (Å²) in [5.41, 5.74) is 0.187. The van der Waals surface area contributed by atoms with Gasteiger partial charge in [0.2, 0.25) is 0 Å². The van der Waals surface area contributed by atoms with Gasteiger partial charge in [0.1, 0.15) is 5.78 Å². The van der Waals surface area contributed by atoms with Gasteiger partial charge in [0.25, 0.3) is 0 Å². The van der Waals surface area contributed by atoms with Crippen LogP contribution in [0.2, 0.25) is 0 Å². The predicted molar refractivity (Wildman–Crippen MR) is 48.9 cm³/mol. The molecule has 0 spiro atoms. The molecule has 2 unspecified atom stereocenters. The average Bonchev–Trinajstić information content (AvgIpc) is 2.77. The number of hydrogen-bond acceptors (Lipinski definition) is 1. The van der Waals surface area contributed by atoms with E-state index in [0.717, 1.165) is 5.92 Å².